The van der Waals surface area contributed by atoms with Crippen molar-refractivity contribution >= 4 is 22.6 Å². The first-order valence-corrected chi connectivity index (χ1v) is 11.9. The van der Waals surface area contributed by atoms with Crippen LogP contribution in [0.15, 0.2) is 30.3 Å². The third-order valence-electron chi connectivity index (χ3n) is 6.15. The number of aryl methyl sites for hydroxylation is 2. The summed E-state index contributed by atoms with van der Waals surface area (Å²) < 4.78 is 7.51. The predicted molar refractivity (Wildman–Crippen MR) is 130 cm³/mol. The number of carbonyl (C=O) groups is 1. The standard InChI is InChI=1S/C25H34N6O2/c1-17(2)33-15-9-13-26-25(32)20-10-8-14-30(16-20)24-23-22(18(3)27-28-24)19(4)31(29-23)21-11-6-5-7-12-21/h5-7,11-12,17,20H,8-10,13-16H2,1-4H3,(H,26,32)/t20-/m0/s1. The fraction of sp³-hybridized carbons (Fsp3) is 0.520. The minimum Gasteiger partial charge on any atom is -0.379 e. The Morgan fingerprint density at radius 1 is 1.21 bits per heavy atom. The van der Waals surface area contributed by atoms with Gasteiger partial charge in [-0.1, -0.05) is 18.2 Å². The molecule has 0 spiro atoms. The molecule has 8 nitrogen and oxygen atoms in total. The maximum atomic E-state index is 12.8. The minimum atomic E-state index is -0.0692. The van der Waals surface area contributed by atoms with E-state index in [9.17, 15) is 4.79 Å². The summed E-state index contributed by atoms with van der Waals surface area (Å²) in [6.45, 7) is 10.8. The lowest BCUT2D eigenvalue weighted by atomic mass is 9.97. The minimum absolute atomic E-state index is 0.0692. The second-order valence-electron chi connectivity index (χ2n) is 9.01. The molecule has 0 unspecified atom stereocenters. The van der Waals surface area contributed by atoms with Crippen molar-refractivity contribution in [1.82, 2.24) is 25.3 Å². The van der Waals surface area contributed by atoms with Crippen LogP contribution in [0.3, 0.4) is 0 Å². The number of piperidine rings is 1. The second kappa shape index (κ2) is 10.3. The SMILES string of the molecule is Cc1nnc(N2CCC[C@H](C(=O)NCCCOC(C)C)C2)c2nn(-c3ccccc3)c(C)c12. The topological polar surface area (TPSA) is 85.2 Å². The van der Waals surface area contributed by atoms with E-state index in [1.807, 2.05) is 55.8 Å². The molecule has 1 N–H and O–H groups in total. The summed E-state index contributed by atoms with van der Waals surface area (Å²) in [7, 11) is 0. The first-order valence-electron chi connectivity index (χ1n) is 11.9. The van der Waals surface area contributed by atoms with Gasteiger partial charge in [0.25, 0.3) is 0 Å². The van der Waals surface area contributed by atoms with Crippen LogP contribution >= 0.6 is 0 Å². The van der Waals surface area contributed by atoms with Crippen LogP contribution in [0.1, 0.15) is 44.5 Å². The number of hydrogen-bond acceptors (Lipinski definition) is 6. The van der Waals surface area contributed by atoms with Gasteiger partial charge >= 0.3 is 0 Å². The maximum Gasteiger partial charge on any atom is 0.224 e. The van der Waals surface area contributed by atoms with Gasteiger partial charge in [0.15, 0.2) is 5.82 Å². The summed E-state index contributed by atoms with van der Waals surface area (Å²) >= 11 is 0. The van der Waals surface area contributed by atoms with Gasteiger partial charge < -0.3 is 15.0 Å². The molecule has 0 aliphatic carbocycles. The highest BCUT2D eigenvalue weighted by molar-refractivity contribution is 5.92. The van der Waals surface area contributed by atoms with Crippen molar-refractivity contribution in [1.29, 1.82) is 0 Å². The van der Waals surface area contributed by atoms with Crippen molar-refractivity contribution in [2.24, 2.45) is 5.92 Å². The quantitative estimate of drug-likeness (QED) is 0.528. The Balaban J connectivity index is 1.51. The Morgan fingerprint density at radius 3 is 2.76 bits per heavy atom. The number of fused-ring (bicyclic) bond motifs is 1. The van der Waals surface area contributed by atoms with Gasteiger partial charge in [0, 0.05) is 26.2 Å². The van der Waals surface area contributed by atoms with E-state index in [0.29, 0.717) is 19.7 Å². The average Bonchev–Trinajstić information content (AvgIpc) is 3.17. The second-order valence-corrected chi connectivity index (χ2v) is 9.01. The van der Waals surface area contributed by atoms with Crippen LogP contribution in [0.4, 0.5) is 5.82 Å². The van der Waals surface area contributed by atoms with Gasteiger partial charge in [0.1, 0.15) is 5.52 Å². The van der Waals surface area contributed by atoms with E-state index >= 15 is 0 Å². The molecule has 3 aromatic rings. The Labute approximate surface area is 195 Å². The summed E-state index contributed by atoms with van der Waals surface area (Å²) in [5.74, 6) is 0.794. The predicted octanol–water partition coefficient (Wildman–Crippen LogP) is 3.58. The van der Waals surface area contributed by atoms with Gasteiger partial charge in [-0.2, -0.15) is 10.2 Å². The fourth-order valence-corrected chi connectivity index (χ4v) is 4.48. The van der Waals surface area contributed by atoms with Gasteiger partial charge in [0.2, 0.25) is 5.91 Å². The van der Waals surface area contributed by atoms with Crippen molar-refractivity contribution in [2.75, 3.05) is 31.1 Å². The van der Waals surface area contributed by atoms with Crippen LogP contribution in [-0.2, 0) is 9.53 Å². The zero-order valence-corrected chi connectivity index (χ0v) is 20.0. The van der Waals surface area contributed by atoms with Crippen LogP contribution in [0.5, 0.6) is 0 Å². The molecular weight excluding hydrogens is 416 g/mol. The van der Waals surface area contributed by atoms with E-state index < -0.39 is 0 Å². The summed E-state index contributed by atoms with van der Waals surface area (Å²) in [6, 6.07) is 10.1. The molecule has 1 fully saturated rings. The smallest absolute Gasteiger partial charge is 0.224 e. The van der Waals surface area contributed by atoms with Crippen molar-refractivity contribution in [3.63, 3.8) is 0 Å². The fourth-order valence-electron chi connectivity index (χ4n) is 4.48. The average molecular weight is 451 g/mol. The highest BCUT2D eigenvalue weighted by Crippen LogP contribution is 2.31. The monoisotopic (exact) mass is 450 g/mol. The summed E-state index contributed by atoms with van der Waals surface area (Å²) in [4.78, 5) is 15.0. The van der Waals surface area contributed by atoms with Crippen molar-refractivity contribution < 1.29 is 9.53 Å². The van der Waals surface area contributed by atoms with Crippen LogP contribution in [-0.4, -0.2) is 58.2 Å². The van der Waals surface area contributed by atoms with Crippen molar-refractivity contribution in [2.45, 2.75) is 53.1 Å². The Hall–Kier alpha value is -3.00. The lowest BCUT2D eigenvalue weighted by Gasteiger charge is -2.32. The van der Waals surface area contributed by atoms with Gasteiger partial charge in [-0.3, -0.25) is 4.79 Å². The number of carbonyl (C=O) groups excluding carboxylic acids is 1. The highest BCUT2D eigenvalue weighted by Gasteiger charge is 2.29. The largest absolute Gasteiger partial charge is 0.379 e. The first-order chi connectivity index (χ1) is 16.0. The van der Waals surface area contributed by atoms with Crippen molar-refractivity contribution in [3.8, 4) is 5.69 Å². The van der Waals surface area contributed by atoms with E-state index in [2.05, 4.69) is 27.3 Å². The number of rotatable bonds is 8. The zero-order chi connectivity index (χ0) is 23.4. The molecule has 4 rings (SSSR count). The Morgan fingerprint density at radius 2 is 2.00 bits per heavy atom. The van der Waals surface area contributed by atoms with Crippen LogP contribution in [0.25, 0.3) is 16.6 Å². The molecule has 176 valence electrons. The van der Waals surface area contributed by atoms with E-state index in [-0.39, 0.29) is 17.9 Å². The molecule has 2 aromatic heterocycles. The molecule has 0 bridgehead atoms. The number of anilines is 1. The Bertz CT molecular complexity index is 1100. The maximum absolute atomic E-state index is 12.8. The van der Waals surface area contributed by atoms with E-state index in [0.717, 1.165) is 59.6 Å². The molecule has 0 radical (unpaired) electrons. The lowest BCUT2D eigenvalue weighted by molar-refractivity contribution is -0.125. The summed E-state index contributed by atoms with van der Waals surface area (Å²) in [5.41, 5.74) is 3.76. The number of benzene rings is 1. The van der Waals surface area contributed by atoms with Gasteiger partial charge in [-0.25, -0.2) is 4.68 Å². The highest BCUT2D eigenvalue weighted by atomic mass is 16.5. The molecular formula is C25H34N6O2. The van der Waals surface area contributed by atoms with Gasteiger partial charge in [-0.15, -0.1) is 5.10 Å². The number of amides is 1. The van der Waals surface area contributed by atoms with E-state index in [1.54, 1.807) is 0 Å². The number of nitrogens with zero attached hydrogens (tertiary/aromatic N) is 5. The molecule has 1 aromatic carbocycles. The third-order valence-corrected chi connectivity index (χ3v) is 6.15. The van der Waals surface area contributed by atoms with Crippen LogP contribution in [0, 0.1) is 19.8 Å². The van der Waals surface area contributed by atoms with Gasteiger partial charge in [0.05, 0.1) is 34.5 Å². The summed E-state index contributed by atoms with van der Waals surface area (Å²) in [5, 5.41) is 18.0. The molecule has 33 heavy (non-hydrogen) atoms. The normalized spacial score (nSPS) is 16.5. The zero-order valence-electron chi connectivity index (χ0n) is 20.0. The molecule has 1 saturated heterocycles. The lowest BCUT2D eigenvalue weighted by Crippen LogP contribution is -2.43. The van der Waals surface area contributed by atoms with Crippen molar-refractivity contribution in [3.05, 3.63) is 41.7 Å². The summed E-state index contributed by atoms with van der Waals surface area (Å²) in [6.07, 6.45) is 2.85. The molecule has 8 heteroatoms. The Kier molecular flexibility index (Phi) is 7.23. The number of nitrogens with one attached hydrogen (secondary N) is 1. The van der Waals surface area contributed by atoms with Gasteiger partial charge in [-0.05, 0) is 59.1 Å². The first kappa shape index (κ1) is 23.2. The van der Waals surface area contributed by atoms with E-state index in [1.165, 1.54) is 0 Å². The molecule has 1 aliphatic rings. The number of aromatic nitrogens is 4. The number of hydrogen-bond donors (Lipinski definition) is 1. The molecule has 1 aliphatic heterocycles. The van der Waals surface area contributed by atoms with Crippen LogP contribution < -0.4 is 10.2 Å². The number of para-hydroxylation sites is 1. The van der Waals surface area contributed by atoms with E-state index in [4.69, 9.17) is 9.84 Å². The molecule has 1 amide bonds. The molecule has 0 saturated carbocycles. The van der Waals surface area contributed by atoms with Crippen LogP contribution in [0.2, 0.25) is 0 Å². The molecule has 3 heterocycles. The number of ether oxygens (including phenoxy) is 1. The molecule has 1 atom stereocenters. The third kappa shape index (κ3) is 5.16.